The van der Waals surface area contributed by atoms with E-state index >= 15 is 0 Å². The Morgan fingerprint density at radius 2 is 2.09 bits per heavy atom. The zero-order chi connectivity index (χ0) is 15.9. The smallest absolute Gasteiger partial charge is 0.191 e. The van der Waals surface area contributed by atoms with Crippen molar-refractivity contribution in [2.75, 3.05) is 13.1 Å². The molecule has 0 amide bonds. The fraction of sp³-hybridized carbons (Fsp3) is 0.533. The molecule has 0 bridgehead atoms. The monoisotopic (exact) mass is 431 g/mol. The Kier molecular flexibility index (Phi) is 8.07. The minimum atomic E-state index is 0. The molecule has 2 rings (SSSR count). The van der Waals surface area contributed by atoms with Crippen LogP contribution < -0.4 is 10.6 Å². The second-order valence-corrected chi connectivity index (χ2v) is 5.20. The summed E-state index contributed by atoms with van der Waals surface area (Å²) in [6.07, 6.45) is 5.55. The third-order valence-electron chi connectivity index (χ3n) is 3.62. The number of aromatic nitrogens is 4. The molecule has 0 radical (unpaired) electrons. The van der Waals surface area contributed by atoms with Gasteiger partial charge in [-0.05, 0) is 20.8 Å². The summed E-state index contributed by atoms with van der Waals surface area (Å²) in [5, 5.41) is 11.0. The molecule has 128 valence electrons. The van der Waals surface area contributed by atoms with Crippen LogP contribution in [0, 0.1) is 13.8 Å². The van der Waals surface area contributed by atoms with E-state index in [-0.39, 0.29) is 24.0 Å². The molecule has 23 heavy (non-hydrogen) atoms. The summed E-state index contributed by atoms with van der Waals surface area (Å²) in [6.45, 7) is 9.28. The Labute approximate surface area is 154 Å². The van der Waals surface area contributed by atoms with E-state index in [1.807, 2.05) is 35.7 Å². The largest absolute Gasteiger partial charge is 0.357 e. The Balaban J connectivity index is 0.00000264. The van der Waals surface area contributed by atoms with E-state index in [0.717, 1.165) is 37.0 Å². The van der Waals surface area contributed by atoms with Crippen molar-refractivity contribution < 1.29 is 0 Å². The van der Waals surface area contributed by atoms with Gasteiger partial charge in [-0.2, -0.15) is 5.10 Å². The van der Waals surface area contributed by atoms with Gasteiger partial charge >= 0.3 is 0 Å². The van der Waals surface area contributed by atoms with Crippen LogP contribution in [0.2, 0.25) is 0 Å². The Bertz CT molecular complexity index is 616. The molecule has 0 aliphatic rings. The van der Waals surface area contributed by atoms with Gasteiger partial charge in [0.2, 0.25) is 0 Å². The maximum Gasteiger partial charge on any atom is 0.191 e. The van der Waals surface area contributed by atoms with Crippen molar-refractivity contribution in [3.63, 3.8) is 0 Å². The Hall–Kier alpha value is -1.58. The standard InChI is InChI=1S/C15H25N7.HI/c1-5-17-15(18-7-9-22-8-6-16-11-22)19-10-14-12(2)20-21(4)13(14)3;/h6,8,11H,5,7,9-10H2,1-4H3,(H2,17,18,19);1H. The fourth-order valence-electron chi connectivity index (χ4n) is 2.27. The van der Waals surface area contributed by atoms with Crippen molar-refractivity contribution in [3.05, 3.63) is 35.7 Å². The molecule has 0 aromatic carbocycles. The highest BCUT2D eigenvalue weighted by atomic mass is 127. The maximum atomic E-state index is 4.65. The van der Waals surface area contributed by atoms with Gasteiger partial charge in [0.25, 0.3) is 0 Å². The number of aryl methyl sites for hydroxylation is 2. The molecule has 2 aromatic heterocycles. The summed E-state index contributed by atoms with van der Waals surface area (Å²) in [5.41, 5.74) is 3.39. The quantitative estimate of drug-likeness (QED) is 0.414. The molecule has 7 nitrogen and oxygen atoms in total. The highest BCUT2D eigenvalue weighted by Gasteiger charge is 2.08. The summed E-state index contributed by atoms with van der Waals surface area (Å²) in [7, 11) is 1.96. The van der Waals surface area contributed by atoms with Crippen LogP contribution in [0.5, 0.6) is 0 Å². The van der Waals surface area contributed by atoms with E-state index in [1.165, 1.54) is 5.56 Å². The zero-order valence-electron chi connectivity index (χ0n) is 14.2. The lowest BCUT2D eigenvalue weighted by Crippen LogP contribution is -2.38. The summed E-state index contributed by atoms with van der Waals surface area (Å²) < 4.78 is 3.94. The lowest BCUT2D eigenvalue weighted by atomic mass is 10.2. The predicted octanol–water partition coefficient (Wildman–Crippen LogP) is 1.61. The van der Waals surface area contributed by atoms with Crippen molar-refractivity contribution in [2.45, 2.75) is 33.9 Å². The highest BCUT2D eigenvalue weighted by molar-refractivity contribution is 14.0. The topological polar surface area (TPSA) is 72.1 Å². The minimum absolute atomic E-state index is 0. The molecule has 0 aliphatic carbocycles. The molecule has 2 heterocycles. The van der Waals surface area contributed by atoms with Gasteiger partial charge in [0, 0.05) is 50.3 Å². The number of nitrogens with zero attached hydrogens (tertiary/aromatic N) is 5. The molecule has 0 unspecified atom stereocenters. The number of hydrogen-bond donors (Lipinski definition) is 2. The lowest BCUT2D eigenvalue weighted by molar-refractivity contribution is 0.662. The van der Waals surface area contributed by atoms with Crippen LogP contribution in [0.15, 0.2) is 23.7 Å². The van der Waals surface area contributed by atoms with Gasteiger partial charge in [0.05, 0.1) is 18.6 Å². The highest BCUT2D eigenvalue weighted by Crippen LogP contribution is 2.12. The molecular weight excluding hydrogens is 405 g/mol. The Morgan fingerprint density at radius 1 is 1.30 bits per heavy atom. The van der Waals surface area contributed by atoms with Crippen molar-refractivity contribution >= 4 is 29.9 Å². The molecular formula is C15H26IN7. The van der Waals surface area contributed by atoms with Crippen molar-refractivity contribution in [1.29, 1.82) is 0 Å². The second-order valence-electron chi connectivity index (χ2n) is 5.20. The lowest BCUT2D eigenvalue weighted by Gasteiger charge is -2.11. The van der Waals surface area contributed by atoms with Crippen LogP contribution in [0.4, 0.5) is 0 Å². The van der Waals surface area contributed by atoms with Crippen molar-refractivity contribution in [1.82, 2.24) is 30.0 Å². The molecule has 0 saturated heterocycles. The number of imidazole rings is 1. The third-order valence-corrected chi connectivity index (χ3v) is 3.62. The van der Waals surface area contributed by atoms with E-state index in [2.05, 4.69) is 39.6 Å². The SMILES string of the molecule is CCNC(=NCc1c(C)nn(C)c1C)NCCn1ccnc1.I. The van der Waals surface area contributed by atoms with Crippen LogP contribution in [0.1, 0.15) is 23.9 Å². The number of halogens is 1. The summed E-state index contributed by atoms with van der Waals surface area (Å²) in [5.74, 6) is 0.824. The van der Waals surface area contributed by atoms with Gasteiger partial charge in [-0.15, -0.1) is 24.0 Å². The molecule has 0 fully saturated rings. The van der Waals surface area contributed by atoms with Crippen LogP contribution in [0.3, 0.4) is 0 Å². The van der Waals surface area contributed by atoms with Crippen molar-refractivity contribution in [2.24, 2.45) is 12.0 Å². The van der Waals surface area contributed by atoms with Gasteiger partial charge in [-0.25, -0.2) is 9.98 Å². The van der Waals surface area contributed by atoms with E-state index in [9.17, 15) is 0 Å². The molecule has 0 spiro atoms. The van der Waals surface area contributed by atoms with Gasteiger partial charge in [0.1, 0.15) is 0 Å². The number of rotatable bonds is 6. The normalized spacial score (nSPS) is 11.2. The fourth-order valence-corrected chi connectivity index (χ4v) is 2.27. The summed E-state index contributed by atoms with van der Waals surface area (Å²) in [4.78, 5) is 8.69. The first kappa shape index (κ1) is 19.5. The molecule has 0 aliphatic heterocycles. The molecule has 2 aromatic rings. The first-order chi connectivity index (χ1) is 10.6. The van der Waals surface area contributed by atoms with Crippen LogP contribution in [-0.4, -0.2) is 38.4 Å². The molecule has 0 saturated carbocycles. The van der Waals surface area contributed by atoms with E-state index in [0.29, 0.717) is 6.54 Å². The first-order valence-corrected chi connectivity index (χ1v) is 7.58. The van der Waals surface area contributed by atoms with Crippen LogP contribution in [-0.2, 0) is 20.1 Å². The van der Waals surface area contributed by atoms with Crippen molar-refractivity contribution in [3.8, 4) is 0 Å². The maximum absolute atomic E-state index is 4.65. The second kappa shape index (κ2) is 9.53. The van der Waals surface area contributed by atoms with Crippen LogP contribution in [0.25, 0.3) is 0 Å². The van der Waals surface area contributed by atoms with E-state index < -0.39 is 0 Å². The number of hydrogen-bond acceptors (Lipinski definition) is 3. The van der Waals surface area contributed by atoms with Crippen LogP contribution >= 0.6 is 24.0 Å². The third kappa shape index (κ3) is 5.52. The first-order valence-electron chi connectivity index (χ1n) is 7.58. The average molecular weight is 431 g/mol. The average Bonchev–Trinajstić information content (AvgIpc) is 3.07. The molecule has 8 heteroatoms. The van der Waals surface area contributed by atoms with Gasteiger partial charge in [0.15, 0.2) is 5.96 Å². The zero-order valence-corrected chi connectivity index (χ0v) is 16.5. The van der Waals surface area contributed by atoms with Gasteiger partial charge < -0.3 is 15.2 Å². The molecule has 2 N–H and O–H groups in total. The molecule has 0 atom stereocenters. The van der Waals surface area contributed by atoms with E-state index in [4.69, 9.17) is 0 Å². The summed E-state index contributed by atoms with van der Waals surface area (Å²) >= 11 is 0. The predicted molar refractivity (Wildman–Crippen MR) is 103 cm³/mol. The minimum Gasteiger partial charge on any atom is -0.357 e. The van der Waals surface area contributed by atoms with E-state index in [1.54, 1.807) is 6.20 Å². The number of nitrogens with one attached hydrogen (secondary N) is 2. The Morgan fingerprint density at radius 3 is 2.65 bits per heavy atom. The number of aliphatic imine (C=N–C) groups is 1. The van der Waals surface area contributed by atoms with Gasteiger partial charge in [-0.3, -0.25) is 4.68 Å². The van der Waals surface area contributed by atoms with Gasteiger partial charge in [-0.1, -0.05) is 0 Å². The summed E-state index contributed by atoms with van der Waals surface area (Å²) in [6, 6.07) is 0. The number of guanidine groups is 1.